The molecule has 1 N–H and O–H groups in total. The Kier molecular flexibility index (Phi) is 2.08. The quantitative estimate of drug-likeness (QED) is 0.584. The molecule has 0 fully saturated rings. The van der Waals surface area contributed by atoms with Gasteiger partial charge < -0.3 is 5.11 Å². The van der Waals surface area contributed by atoms with E-state index in [0.717, 1.165) is 4.68 Å². The molecule has 0 bridgehead atoms. The van der Waals surface area contributed by atoms with Crippen LogP contribution in [0.4, 0.5) is 10.5 Å². The van der Waals surface area contributed by atoms with Gasteiger partial charge in [0.2, 0.25) is 0 Å². The summed E-state index contributed by atoms with van der Waals surface area (Å²) in [6.45, 7) is 1.65. The summed E-state index contributed by atoms with van der Waals surface area (Å²) in [5.74, 6) is 0. The Bertz CT molecular complexity index is 602. The molecule has 1 aromatic heterocycles. The lowest BCUT2D eigenvalue weighted by atomic mass is 10.2. The maximum absolute atomic E-state index is 10.8. The van der Waals surface area contributed by atoms with Crippen LogP contribution >= 0.6 is 0 Å². The summed E-state index contributed by atoms with van der Waals surface area (Å²) in [4.78, 5) is 20.8. The number of hydrogen-bond donors (Lipinski definition) is 1. The molecule has 0 unspecified atom stereocenters. The van der Waals surface area contributed by atoms with Crippen molar-refractivity contribution in [3.05, 3.63) is 34.0 Å². The van der Waals surface area contributed by atoms with Crippen LogP contribution in [0.5, 0.6) is 0 Å². The van der Waals surface area contributed by atoms with Crippen LogP contribution in [0.25, 0.3) is 10.9 Å². The molecule has 0 saturated carbocycles. The Labute approximate surface area is 89.1 Å². The van der Waals surface area contributed by atoms with E-state index in [1.54, 1.807) is 6.92 Å². The van der Waals surface area contributed by atoms with Crippen LogP contribution in [0.3, 0.4) is 0 Å². The van der Waals surface area contributed by atoms with Crippen molar-refractivity contribution in [3.63, 3.8) is 0 Å². The van der Waals surface area contributed by atoms with E-state index in [2.05, 4.69) is 5.10 Å². The van der Waals surface area contributed by atoms with Crippen LogP contribution in [0.15, 0.2) is 18.2 Å². The summed E-state index contributed by atoms with van der Waals surface area (Å²) in [5.41, 5.74) is 0.585. The van der Waals surface area contributed by atoms with Gasteiger partial charge in [0, 0.05) is 17.5 Å². The molecule has 0 aliphatic heterocycles. The van der Waals surface area contributed by atoms with E-state index in [4.69, 9.17) is 5.11 Å². The van der Waals surface area contributed by atoms with Gasteiger partial charge >= 0.3 is 6.09 Å². The number of carboxylic acid groups (broad SMARTS) is 1. The molecule has 1 heterocycles. The molecule has 2 aromatic rings. The lowest BCUT2D eigenvalue weighted by Crippen LogP contribution is -2.09. The lowest BCUT2D eigenvalue weighted by molar-refractivity contribution is -0.384. The zero-order chi connectivity index (χ0) is 11.9. The van der Waals surface area contributed by atoms with Crippen molar-refractivity contribution in [3.8, 4) is 0 Å². The minimum absolute atomic E-state index is 0.157. The minimum atomic E-state index is -1.27. The molecule has 0 radical (unpaired) electrons. The third-order valence-corrected chi connectivity index (χ3v) is 2.24. The molecule has 0 spiro atoms. The molecular formula is C9H7N3O4. The van der Waals surface area contributed by atoms with Crippen LogP contribution in [-0.4, -0.2) is 25.9 Å². The molecule has 2 rings (SSSR count). The smallest absolute Gasteiger partial charge is 0.432 e. The van der Waals surface area contributed by atoms with Crippen molar-refractivity contribution in [1.82, 2.24) is 9.78 Å². The Morgan fingerprint density at radius 3 is 2.81 bits per heavy atom. The molecule has 82 valence electrons. The standard InChI is InChI=1S/C9H7N3O4/c1-5-7-3-2-6(12(15)16)4-8(7)11(10-5)9(13)14/h2-4H,1H3,(H,13,14). The van der Waals surface area contributed by atoms with E-state index in [0.29, 0.717) is 11.1 Å². The van der Waals surface area contributed by atoms with Crippen molar-refractivity contribution in [1.29, 1.82) is 0 Å². The maximum Gasteiger partial charge on any atom is 0.432 e. The number of aromatic nitrogens is 2. The predicted octanol–water partition coefficient (Wildman–Crippen LogP) is 1.78. The highest BCUT2D eigenvalue weighted by Gasteiger charge is 2.15. The number of hydrogen-bond acceptors (Lipinski definition) is 4. The van der Waals surface area contributed by atoms with Crippen molar-refractivity contribution < 1.29 is 14.8 Å². The van der Waals surface area contributed by atoms with Gasteiger partial charge in [-0.1, -0.05) is 0 Å². The molecule has 0 atom stereocenters. The number of rotatable bonds is 1. The molecule has 16 heavy (non-hydrogen) atoms. The highest BCUT2D eigenvalue weighted by Crippen LogP contribution is 2.23. The molecule has 7 nitrogen and oxygen atoms in total. The second-order valence-corrected chi connectivity index (χ2v) is 3.24. The first-order chi connectivity index (χ1) is 7.50. The van der Waals surface area contributed by atoms with Crippen molar-refractivity contribution in [2.24, 2.45) is 0 Å². The van der Waals surface area contributed by atoms with E-state index < -0.39 is 11.0 Å². The van der Waals surface area contributed by atoms with Gasteiger partial charge in [0.25, 0.3) is 5.69 Å². The molecule has 0 aliphatic carbocycles. The fraction of sp³-hybridized carbons (Fsp3) is 0.111. The molecule has 7 heteroatoms. The zero-order valence-corrected chi connectivity index (χ0v) is 8.25. The van der Waals surface area contributed by atoms with Crippen LogP contribution in [-0.2, 0) is 0 Å². The van der Waals surface area contributed by atoms with E-state index in [1.807, 2.05) is 0 Å². The number of nitrogens with zero attached hydrogens (tertiary/aromatic N) is 3. The van der Waals surface area contributed by atoms with Gasteiger partial charge in [0.15, 0.2) is 0 Å². The summed E-state index contributed by atoms with van der Waals surface area (Å²) in [6.07, 6.45) is -1.27. The van der Waals surface area contributed by atoms with Crippen LogP contribution < -0.4 is 0 Å². The summed E-state index contributed by atoms with van der Waals surface area (Å²) < 4.78 is 0.734. The average Bonchev–Trinajstić information content (AvgIpc) is 2.56. The van der Waals surface area contributed by atoms with Crippen LogP contribution in [0, 0.1) is 17.0 Å². The molecule has 0 aliphatic rings. The number of non-ortho nitro benzene ring substituents is 1. The SMILES string of the molecule is Cc1nn(C(=O)O)c2cc([N+](=O)[O-])ccc12. The first kappa shape index (κ1) is 10.1. The average molecular weight is 221 g/mol. The summed E-state index contributed by atoms with van der Waals surface area (Å²) in [7, 11) is 0. The summed E-state index contributed by atoms with van der Waals surface area (Å²) in [6, 6.07) is 4.02. The highest BCUT2D eigenvalue weighted by atomic mass is 16.6. The van der Waals surface area contributed by atoms with E-state index in [1.165, 1.54) is 18.2 Å². The van der Waals surface area contributed by atoms with Gasteiger partial charge in [0.1, 0.15) is 0 Å². The van der Waals surface area contributed by atoms with Crippen LogP contribution in [0.1, 0.15) is 5.69 Å². The topological polar surface area (TPSA) is 98.3 Å². The fourth-order valence-electron chi connectivity index (χ4n) is 1.52. The van der Waals surface area contributed by atoms with Crippen molar-refractivity contribution in [2.45, 2.75) is 6.92 Å². The van der Waals surface area contributed by atoms with Gasteiger partial charge in [-0.15, -0.1) is 0 Å². The fourth-order valence-corrected chi connectivity index (χ4v) is 1.52. The van der Waals surface area contributed by atoms with Gasteiger partial charge in [-0.05, 0) is 13.0 Å². The number of aryl methyl sites for hydroxylation is 1. The van der Waals surface area contributed by atoms with Gasteiger partial charge in [-0.25, -0.2) is 4.79 Å². The normalized spacial score (nSPS) is 10.6. The zero-order valence-electron chi connectivity index (χ0n) is 8.25. The minimum Gasteiger partial charge on any atom is -0.463 e. The Morgan fingerprint density at radius 1 is 1.56 bits per heavy atom. The number of nitro groups is 1. The third kappa shape index (κ3) is 1.38. The molecule has 0 saturated heterocycles. The molecular weight excluding hydrogens is 214 g/mol. The number of carbonyl (C=O) groups is 1. The second kappa shape index (κ2) is 3.30. The first-order valence-electron chi connectivity index (χ1n) is 4.38. The van der Waals surface area contributed by atoms with Gasteiger partial charge in [0.05, 0.1) is 16.1 Å². The van der Waals surface area contributed by atoms with E-state index >= 15 is 0 Å². The lowest BCUT2D eigenvalue weighted by Gasteiger charge is -1.95. The summed E-state index contributed by atoms with van der Waals surface area (Å²) in [5, 5.41) is 23.8. The van der Waals surface area contributed by atoms with Crippen molar-refractivity contribution >= 4 is 22.7 Å². The highest BCUT2D eigenvalue weighted by molar-refractivity contribution is 5.90. The molecule has 1 aromatic carbocycles. The first-order valence-corrected chi connectivity index (χ1v) is 4.38. The number of fused-ring (bicyclic) bond motifs is 1. The second-order valence-electron chi connectivity index (χ2n) is 3.24. The van der Waals surface area contributed by atoms with Crippen LogP contribution in [0.2, 0.25) is 0 Å². The largest absolute Gasteiger partial charge is 0.463 e. The summed E-state index contributed by atoms with van der Waals surface area (Å²) >= 11 is 0. The predicted molar refractivity (Wildman–Crippen MR) is 54.5 cm³/mol. The van der Waals surface area contributed by atoms with Gasteiger partial charge in [-0.3, -0.25) is 10.1 Å². The number of benzene rings is 1. The number of nitro benzene ring substituents is 1. The third-order valence-electron chi connectivity index (χ3n) is 2.24. The van der Waals surface area contributed by atoms with Crippen molar-refractivity contribution in [2.75, 3.05) is 0 Å². The monoisotopic (exact) mass is 221 g/mol. The van der Waals surface area contributed by atoms with E-state index in [9.17, 15) is 14.9 Å². The van der Waals surface area contributed by atoms with E-state index in [-0.39, 0.29) is 11.2 Å². The Hall–Kier alpha value is -2.44. The van der Waals surface area contributed by atoms with Gasteiger partial charge in [-0.2, -0.15) is 9.78 Å². The Morgan fingerprint density at radius 2 is 2.25 bits per heavy atom. The maximum atomic E-state index is 10.8. The Balaban J connectivity index is 2.79. The molecule has 0 amide bonds.